The minimum absolute atomic E-state index is 0.137. The number of nitriles is 1. The van der Waals surface area contributed by atoms with Crippen LogP contribution in [0.1, 0.15) is 10.4 Å². The molecule has 2 N–H and O–H groups in total. The molecule has 0 fully saturated rings. The van der Waals surface area contributed by atoms with Crippen molar-refractivity contribution in [1.29, 1.82) is 5.26 Å². The number of allylic oxidation sites excluding steroid dienone is 1. The number of carbonyl (C=O) groups is 1. The summed E-state index contributed by atoms with van der Waals surface area (Å²) < 4.78 is 0. The molecule has 1 rings (SSSR count). The lowest BCUT2D eigenvalue weighted by atomic mass is 10.1. The molecule has 0 atom stereocenters. The maximum Gasteiger partial charge on any atom is 0.208 e. The van der Waals surface area contributed by atoms with Crippen molar-refractivity contribution < 1.29 is 9.90 Å². The summed E-state index contributed by atoms with van der Waals surface area (Å²) in [6.45, 7) is 0. The molecule has 1 heterocycles. The van der Waals surface area contributed by atoms with Crippen LogP contribution in [0.15, 0.2) is 24.1 Å². The van der Waals surface area contributed by atoms with Crippen LogP contribution in [0.2, 0.25) is 5.15 Å². The van der Waals surface area contributed by atoms with E-state index in [1.54, 1.807) is 13.1 Å². The average molecular weight is 238 g/mol. The molecule has 0 amide bonds. The van der Waals surface area contributed by atoms with Crippen LogP contribution in [-0.2, 0) is 0 Å². The number of aromatic nitrogens is 1. The number of pyridine rings is 1. The van der Waals surface area contributed by atoms with E-state index in [0.29, 0.717) is 11.9 Å². The summed E-state index contributed by atoms with van der Waals surface area (Å²) >= 11 is 5.65. The first-order chi connectivity index (χ1) is 7.63. The number of aliphatic hydroxyl groups is 1. The van der Waals surface area contributed by atoms with E-state index in [1.807, 2.05) is 0 Å². The average Bonchev–Trinajstić information content (AvgIpc) is 2.30. The zero-order valence-electron chi connectivity index (χ0n) is 8.36. The summed E-state index contributed by atoms with van der Waals surface area (Å²) in [6, 6.07) is 2.92. The van der Waals surface area contributed by atoms with Gasteiger partial charge < -0.3 is 10.4 Å². The lowest BCUT2D eigenvalue weighted by Crippen LogP contribution is -2.07. The van der Waals surface area contributed by atoms with Crippen molar-refractivity contribution in [2.75, 3.05) is 12.4 Å². The van der Waals surface area contributed by atoms with Gasteiger partial charge in [-0.05, 0) is 6.07 Å². The number of carbonyl (C=O) groups excluding carboxylic acids is 1. The molecule has 0 radical (unpaired) electrons. The van der Waals surface area contributed by atoms with Crippen LogP contribution in [-0.4, -0.2) is 22.9 Å². The van der Waals surface area contributed by atoms with Crippen LogP contribution >= 0.6 is 11.6 Å². The Balaban J connectivity index is 3.28. The Morgan fingerprint density at radius 3 is 2.94 bits per heavy atom. The van der Waals surface area contributed by atoms with E-state index >= 15 is 0 Å². The van der Waals surface area contributed by atoms with Gasteiger partial charge in [-0.2, -0.15) is 5.26 Å². The fraction of sp³-hybridized carbons (Fsp3) is 0.100. The zero-order chi connectivity index (χ0) is 12.1. The predicted molar refractivity (Wildman–Crippen MR) is 59.4 cm³/mol. The first kappa shape index (κ1) is 12.0. The fourth-order valence-electron chi connectivity index (χ4n) is 1.10. The van der Waals surface area contributed by atoms with Gasteiger partial charge >= 0.3 is 0 Å². The van der Waals surface area contributed by atoms with E-state index in [-0.39, 0.29) is 16.3 Å². The van der Waals surface area contributed by atoms with Gasteiger partial charge in [-0.1, -0.05) is 11.6 Å². The Morgan fingerprint density at radius 1 is 1.75 bits per heavy atom. The van der Waals surface area contributed by atoms with E-state index in [1.165, 1.54) is 12.3 Å². The molecule has 1 aromatic rings. The molecule has 0 aliphatic rings. The minimum atomic E-state index is -0.612. The van der Waals surface area contributed by atoms with Crippen LogP contribution < -0.4 is 5.32 Å². The van der Waals surface area contributed by atoms with Crippen molar-refractivity contribution in [3.63, 3.8) is 0 Å². The van der Waals surface area contributed by atoms with Gasteiger partial charge in [0.05, 0.1) is 17.4 Å². The molecule has 0 saturated heterocycles. The highest BCUT2D eigenvalue weighted by Crippen LogP contribution is 2.20. The molecular weight excluding hydrogens is 230 g/mol. The van der Waals surface area contributed by atoms with Crippen molar-refractivity contribution >= 4 is 23.1 Å². The van der Waals surface area contributed by atoms with Crippen molar-refractivity contribution in [3.8, 4) is 6.07 Å². The van der Waals surface area contributed by atoms with Crippen molar-refractivity contribution in [2.45, 2.75) is 0 Å². The van der Waals surface area contributed by atoms with Crippen LogP contribution in [0.3, 0.4) is 0 Å². The van der Waals surface area contributed by atoms with E-state index in [4.69, 9.17) is 22.0 Å². The highest BCUT2D eigenvalue weighted by molar-refractivity contribution is 6.30. The number of ketones is 1. The van der Waals surface area contributed by atoms with Gasteiger partial charge in [0.15, 0.2) is 0 Å². The normalized spacial score (nSPS) is 10.7. The number of hydrogen-bond donors (Lipinski definition) is 2. The number of anilines is 1. The number of nitrogens with one attached hydrogen (secondary N) is 1. The molecule has 6 heteroatoms. The maximum absolute atomic E-state index is 11.8. The molecule has 0 aliphatic heterocycles. The van der Waals surface area contributed by atoms with Crippen LogP contribution in [0, 0.1) is 11.3 Å². The lowest BCUT2D eigenvalue weighted by Gasteiger charge is -2.06. The van der Waals surface area contributed by atoms with Gasteiger partial charge in [0.1, 0.15) is 23.1 Å². The first-order valence-electron chi connectivity index (χ1n) is 4.26. The van der Waals surface area contributed by atoms with Crippen molar-refractivity contribution in [2.24, 2.45) is 0 Å². The Kier molecular flexibility index (Phi) is 3.86. The highest BCUT2D eigenvalue weighted by atomic mass is 35.5. The molecule has 82 valence electrons. The molecule has 0 spiro atoms. The second kappa shape index (κ2) is 5.14. The lowest BCUT2D eigenvalue weighted by molar-refractivity contribution is 0.103. The van der Waals surface area contributed by atoms with Crippen LogP contribution in [0.25, 0.3) is 0 Å². The van der Waals surface area contributed by atoms with Gasteiger partial charge in [0.2, 0.25) is 5.78 Å². The standard InChI is InChI=1S/C10H8ClN3O2/c1-13-8-4-14-9(11)2-7(8)10(16)6(3-12)5-15/h2,4-5,13,15H,1H3. The van der Waals surface area contributed by atoms with E-state index in [9.17, 15) is 4.79 Å². The topological polar surface area (TPSA) is 86.0 Å². The monoisotopic (exact) mass is 237 g/mol. The number of hydrogen-bond acceptors (Lipinski definition) is 5. The minimum Gasteiger partial charge on any atom is -0.514 e. The molecule has 16 heavy (non-hydrogen) atoms. The third kappa shape index (κ3) is 2.30. The largest absolute Gasteiger partial charge is 0.514 e. The molecule has 1 aromatic heterocycles. The summed E-state index contributed by atoms with van der Waals surface area (Å²) in [5.74, 6) is -0.612. The summed E-state index contributed by atoms with van der Waals surface area (Å²) in [6.07, 6.45) is 1.85. The number of nitrogens with zero attached hydrogens (tertiary/aromatic N) is 2. The molecule has 0 saturated carbocycles. The fourth-order valence-corrected chi connectivity index (χ4v) is 1.26. The van der Waals surface area contributed by atoms with Gasteiger partial charge in [0, 0.05) is 7.05 Å². The van der Waals surface area contributed by atoms with Crippen LogP contribution in [0.4, 0.5) is 5.69 Å². The van der Waals surface area contributed by atoms with E-state index in [2.05, 4.69) is 10.3 Å². The van der Waals surface area contributed by atoms with E-state index in [0.717, 1.165) is 0 Å². The number of rotatable bonds is 3. The summed E-state index contributed by atoms with van der Waals surface area (Å²) in [4.78, 5) is 15.6. The summed E-state index contributed by atoms with van der Waals surface area (Å²) in [5.41, 5.74) is 0.257. The molecule has 5 nitrogen and oxygen atoms in total. The predicted octanol–water partition coefficient (Wildman–Crippen LogP) is 1.92. The van der Waals surface area contributed by atoms with Crippen LogP contribution in [0.5, 0.6) is 0 Å². The number of Topliss-reactive ketones (excluding diaryl/α,β-unsaturated/α-hetero) is 1. The van der Waals surface area contributed by atoms with Gasteiger partial charge in [-0.15, -0.1) is 0 Å². The second-order valence-corrected chi connectivity index (χ2v) is 3.17. The summed E-state index contributed by atoms with van der Waals surface area (Å²) in [5, 5.41) is 20.2. The third-order valence-corrected chi connectivity index (χ3v) is 2.09. The van der Waals surface area contributed by atoms with Gasteiger partial charge in [0.25, 0.3) is 0 Å². The van der Waals surface area contributed by atoms with Crippen molar-refractivity contribution in [3.05, 3.63) is 34.8 Å². The molecule has 0 aromatic carbocycles. The maximum atomic E-state index is 11.8. The van der Waals surface area contributed by atoms with Gasteiger partial charge in [-0.25, -0.2) is 4.98 Å². The Bertz CT molecular complexity index is 491. The van der Waals surface area contributed by atoms with Crippen molar-refractivity contribution in [1.82, 2.24) is 4.98 Å². The summed E-state index contributed by atoms with van der Waals surface area (Å²) in [7, 11) is 1.61. The smallest absolute Gasteiger partial charge is 0.208 e. The zero-order valence-corrected chi connectivity index (χ0v) is 9.12. The van der Waals surface area contributed by atoms with Gasteiger partial charge in [-0.3, -0.25) is 4.79 Å². The molecule has 0 unspecified atom stereocenters. The first-order valence-corrected chi connectivity index (χ1v) is 4.64. The third-order valence-electron chi connectivity index (χ3n) is 1.88. The Morgan fingerprint density at radius 2 is 2.44 bits per heavy atom. The second-order valence-electron chi connectivity index (χ2n) is 2.79. The Labute approximate surface area is 97.0 Å². The quantitative estimate of drug-likeness (QED) is 0.276. The van der Waals surface area contributed by atoms with E-state index < -0.39 is 5.78 Å². The number of halogens is 1. The molecule has 0 aliphatic carbocycles. The number of aliphatic hydroxyl groups excluding tert-OH is 1. The highest BCUT2D eigenvalue weighted by Gasteiger charge is 2.16. The molecule has 0 bridgehead atoms. The Hall–Kier alpha value is -2.06. The SMILES string of the molecule is CNc1cnc(Cl)cc1C(=O)C(C#N)=CO. The molecular formula is C10H8ClN3O2.